The molecule has 9 nitrogen and oxygen atoms in total. The highest BCUT2D eigenvalue weighted by molar-refractivity contribution is 6.31. The van der Waals surface area contributed by atoms with E-state index in [4.69, 9.17) is 17.3 Å². The van der Waals surface area contributed by atoms with Crippen LogP contribution in [0, 0.1) is 6.92 Å². The van der Waals surface area contributed by atoms with Gasteiger partial charge in [-0.25, -0.2) is 4.98 Å². The van der Waals surface area contributed by atoms with Crippen LogP contribution in [0.5, 0.6) is 0 Å². The van der Waals surface area contributed by atoms with Gasteiger partial charge in [-0.2, -0.15) is 0 Å². The molecule has 2 aliphatic heterocycles. The maximum atomic E-state index is 13.4. The van der Waals surface area contributed by atoms with Gasteiger partial charge < -0.3 is 25.8 Å². The van der Waals surface area contributed by atoms with Crippen LogP contribution in [0.4, 0.5) is 0 Å². The highest BCUT2D eigenvalue weighted by Gasteiger charge is 2.29. The summed E-state index contributed by atoms with van der Waals surface area (Å²) < 4.78 is 0. The average Bonchev–Trinajstić information content (AvgIpc) is 3.70. The van der Waals surface area contributed by atoms with Crippen LogP contribution < -0.4 is 11.1 Å². The molecule has 206 valence electrons. The van der Waals surface area contributed by atoms with Gasteiger partial charge in [0, 0.05) is 54.8 Å². The average molecular weight is 551 g/mol. The summed E-state index contributed by atoms with van der Waals surface area (Å²) in [5.74, 6) is 0.298. The molecule has 3 heterocycles. The van der Waals surface area contributed by atoms with E-state index in [0.29, 0.717) is 41.5 Å². The van der Waals surface area contributed by atoms with E-state index in [2.05, 4.69) is 15.3 Å². The Morgan fingerprint density at radius 2 is 1.92 bits per heavy atom. The topological polar surface area (TPSA) is 124 Å². The molecule has 0 aliphatic carbocycles. The summed E-state index contributed by atoms with van der Waals surface area (Å²) in [6.07, 6.45) is 4.54. The molecule has 2 aromatic carbocycles. The van der Waals surface area contributed by atoms with Crippen molar-refractivity contribution in [2.24, 2.45) is 5.73 Å². The van der Waals surface area contributed by atoms with Crippen molar-refractivity contribution in [2.45, 2.75) is 57.5 Å². The maximum absolute atomic E-state index is 13.4. The largest absolute Gasteiger partial charge is 0.342 e. The molecule has 0 spiro atoms. The lowest BCUT2D eigenvalue weighted by Gasteiger charge is -2.24. The van der Waals surface area contributed by atoms with Gasteiger partial charge in [0.2, 0.25) is 5.91 Å². The van der Waals surface area contributed by atoms with Crippen LogP contribution in [-0.4, -0.2) is 69.7 Å². The number of imidazole rings is 1. The summed E-state index contributed by atoms with van der Waals surface area (Å²) >= 11 is 6.16. The van der Waals surface area contributed by atoms with E-state index in [0.717, 1.165) is 55.4 Å². The molecule has 2 aliphatic rings. The number of hydrogen-bond acceptors (Lipinski definition) is 5. The monoisotopic (exact) mass is 550 g/mol. The zero-order valence-electron chi connectivity index (χ0n) is 22.2. The lowest BCUT2D eigenvalue weighted by molar-refractivity contribution is -0.132. The van der Waals surface area contributed by atoms with Gasteiger partial charge >= 0.3 is 0 Å². The quantitative estimate of drug-likeness (QED) is 0.391. The van der Waals surface area contributed by atoms with Crippen molar-refractivity contribution in [3.63, 3.8) is 0 Å². The van der Waals surface area contributed by atoms with Crippen molar-refractivity contribution in [1.82, 2.24) is 25.1 Å². The minimum atomic E-state index is -0.530. The number of carbonyl (C=O) groups is 3. The Labute approximate surface area is 233 Å². The minimum Gasteiger partial charge on any atom is -0.342 e. The van der Waals surface area contributed by atoms with E-state index >= 15 is 0 Å². The number of nitrogens with one attached hydrogen (secondary N) is 2. The zero-order chi connectivity index (χ0) is 27.5. The fourth-order valence-corrected chi connectivity index (χ4v) is 5.81. The number of nitrogens with two attached hydrogens (primary N) is 1. The number of aryl methyl sites for hydroxylation is 1. The molecule has 2 saturated heterocycles. The third-order valence-corrected chi connectivity index (χ3v) is 8.06. The summed E-state index contributed by atoms with van der Waals surface area (Å²) in [6, 6.07) is 10.1. The number of likely N-dealkylation sites (tertiary alicyclic amines) is 2. The predicted molar refractivity (Wildman–Crippen MR) is 151 cm³/mol. The second-order valence-corrected chi connectivity index (χ2v) is 10.9. The Balaban J connectivity index is 1.35. The summed E-state index contributed by atoms with van der Waals surface area (Å²) in [4.78, 5) is 51.0. The molecule has 5 rings (SSSR count). The number of carbonyl (C=O) groups excluding carboxylic acids is 3. The first-order valence-corrected chi connectivity index (χ1v) is 14.1. The van der Waals surface area contributed by atoms with E-state index < -0.39 is 6.04 Å². The number of aromatic amines is 1. The van der Waals surface area contributed by atoms with Gasteiger partial charge in [0.25, 0.3) is 11.8 Å². The van der Waals surface area contributed by atoms with Crippen LogP contribution >= 0.6 is 11.6 Å². The molecule has 2 unspecified atom stereocenters. The van der Waals surface area contributed by atoms with Gasteiger partial charge in [0.1, 0.15) is 5.82 Å². The normalized spacial score (nSPS) is 18.1. The Morgan fingerprint density at radius 3 is 2.67 bits per heavy atom. The van der Waals surface area contributed by atoms with Crippen LogP contribution in [-0.2, 0) is 4.79 Å². The Morgan fingerprint density at radius 1 is 1.13 bits per heavy atom. The van der Waals surface area contributed by atoms with Crippen molar-refractivity contribution < 1.29 is 14.4 Å². The van der Waals surface area contributed by atoms with E-state index in [1.807, 2.05) is 22.8 Å². The van der Waals surface area contributed by atoms with Gasteiger partial charge in [0.15, 0.2) is 0 Å². The van der Waals surface area contributed by atoms with Crippen LogP contribution in [0.15, 0.2) is 36.4 Å². The number of nitrogens with zero attached hydrogens (tertiary/aromatic N) is 3. The summed E-state index contributed by atoms with van der Waals surface area (Å²) in [6.45, 7) is 4.55. The number of benzene rings is 2. The lowest BCUT2D eigenvalue weighted by Crippen LogP contribution is -2.40. The molecular formula is C29H35ClN6O3. The number of amides is 3. The number of aromatic nitrogens is 2. The third-order valence-electron chi connectivity index (χ3n) is 7.83. The smallest absolute Gasteiger partial charge is 0.254 e. The molecule has 3 aromatic rings. The van der Waals surface area contributed by atoms with Gasteiger partial charge in [-0.1, -0.05) is 11.6 Å². The second kappa shape index (κ2) is 11.8. The minimum absolute atomic E-state index is 0.00646. The molecule has 10 heteroatoms. The number of halogens is 1. The number of rotatable bonds is 8. The molecule has 4 N–H and O–H groups in total. The van der Waals surface area contributed by atoms with E-state index in [-0.39, 0.29) is 30.2 Å². The van der Waals surface area contributed by atoms with Crippen LogP contribution in [0.1, 0.15) is 76.7 Å². The van der Waals surface area contributed by atoms with Gasteiger partial charge in [-0.05, 0) is 81.0 Å². The van der Waals surface area contributed by atoms with Crippen LogP contribution in [0.25, 0.3) is 11.0 Å². The molecule has 3 amide bonds. The van der Waals surface area contributed by atoms with Crippen molar-refractivity contribution in [3.8, 4) is 0 Å². The van der Waals surface area contributed by atoms with E-state index in [1.165, 1.54) is 0 Å². The molecule has 0 bridgehead atoms. The van der Waals surface area contributed by atoms with Gasteiger partial charge in [-0.15, -0.1) is 0 Å². The Kier molecular flexibility index (Phi) is 8.18. The molecule has 0 radical (unpaired) electrons. The molecule has 1 aromatic heterocycles. The molecule has 2 fully saturated rings. The first-order valence-electron chi connectivity index (χ1n) is 13.7. The van der Waals surface area contributed by atoms with Crippen molar-refractivity contribution in [1.29, 1.82) is 0 Å². The van der Waals surface area contributed by atoms with Crippen LogP contribution in [0.2, 0.25) is 5.02 Å². The third kappa shape index (κ3) is 5.94. The lowest BCUT2D eigenvalue weighted by atomic mass is 10.0. The summed E-state index contributed by atoms with van der Waals surface area (Å²) in [5, 5.41) is 3.65. The van der Waals surface area contributed by atoms with Gasteiger partial charge in [-0.3, -0.25) is 14.4 Å². The predicted octanol–water partition coefficient (Wildman–Crippen LogP) is 3.96. The standard InChI is InChI=1S/C29H35ClN6O3/c1-18-15-19(6-8-22(18)29(39)35-12-2-3-13-35)28(38)34-24(10-11-26(37)36-14-4-5-21(36)17-31)27-32-23-9-7-20(30)16-25(23)33-27/h6-9,15-16,21,24H,2-5,10-14,17,31H2,1H3,(H,32,33)(H,34,38). The fourth-order valence-electron chi connectivity index (χ4n) is 5.64. The highest BCUT2D eigenvalue weighted by Crippen LogP contribution is 2.25. The summed E-state index contributed by atoms with van der Waals surface area (Å²) in [7, 11) is 0. The first kappa shape index (κ1) is 27.1. The SMILES string of the molecule is Cc1cc(C(=O)NC(CCC(=O)N2CCCC2CN)c2nc3ccc(Cl)cc3[nH]2)ccc1C(=O)N1CCCC1. The van der Waals surface area contributed by atoms with E-state index in [9.17, 15) is 14.4 Å². The first-order chi connectivity index (χ1) is 18.8. The summed E-state index contributed by atoms with van der Waals surface area (Å²) in [5.41, 5.74) is 9.17. The molecule has 0 saturated carbocycles. The number of hydrogen-bond donors (Lipinski definition) is 3. The number of fused-ring (bicyclic) bond motifs is 1. The molecular weight excluding hydrogens is 516 g/mol. The maximum Gasteiger partial charge on any atom is 0.254 e. The van der Waals surface area contributed by atoms with Crippen LogP contribution in [0.3, 0.4) is 0 Å². The zero-order valence-corrected chi connectivity index (χ0v) is 23.0. The number of H-pyrrole nitrogens is 1. The van der Waals surface area contributed by atoms with Gasteiger partial charge in [0.05, 0.1) is 17.1 Å². The van der Waals surface area contributed by atoms with Crippen molar-refractivity contribution >= 4 is 40.4 Å². The fraction of sp³-hybridized carbons (Fsp3) is 0.448. The molecule has 39 heavy (non-hydrogen) atoms. The highest BCUT2D eigenvalue weighted by atomic mass is 35.5. The van der Waals surface area contributed by atoms with Crippen molar-refractivity contribution in [3.05, 3.63) is 63.9 Å². The van der Waals surface area contributed by atoms with E-state index in [1.54, 1.807) is 30.3 Å². The second-order valence-electron chi connectivity index (χ2n) is 10.5. The van der Waals surface area contributed by atoms with Crippen molar-refractivity contribution in [2.75, 3.05) is 26.2 Å². The Hall–Kier alpha value is -3.43. The Bertz CT molecular complexity index is 1380. The molecule has 2 atom stereocenters.